The summed E-state index contributed by atoms with van der Waals surface area (Å²) in [6.07, 6.45) is 4.83. The number of benzene rings is 1. The van der Waals surface area contributed by atoms with Gasteiger partial charge < -0.3 is 10.6 Å². The van der Waals surface area contributed by atoms with E-state index < -0.39 is 0 Å². The number of amides is 1. The van der Waals surface area contributed by atoms with Crippen LogP contribution in [0, 0.1) is 6.92 Å². The van der Waals surface area contributed by atoms with E-state index in [0.29, 0.717) is 18.2 Å². The first kappa shape index (κ1) is 22.1. The number of para-hydroxylation sites is 1. The SMILES string of the molecule is Cc1cc(CC(C)NC(=O)c2ccn(C3CCCNC3)n2)n(-c2ccccc2)n1.Cl. The van der Waals surface area contributed by atoms with E-state index in [1.54, 1.807) is 6.07 Å². The number of aryl methyl sites for hydroxylation is 1. The lowest BCUT2D eigenvalue weighted by atomic mass is 10.1. The molecule has 3 aromatic rings. The minimum atomic E-state index is -0.137. The summed E-state index contributed by atoms with van der Waals surface area (Å²) in [5.74, 6) is -0.137. The Morgan fingerprint density at radius 3 is 2.80 bits per heavy atom. The van der Waals surface area contributed by atoms with Crippen LogP contribution in [0.2, 0.25) is 0 Å². The molecule has 8 heteroatoms. The fourth-order valence-corrected chi connectivity index (χ4v) is 3.88. The molecule has 2 aromatic heterocycles. The van der Waals surface area contributed by atoms with Crippen molar-refractivity contribution in [3.05, 3.63) is 65.7 Å². The van der Waals surface area contributed by atoms with E-state index in [1.165, 1.54) is 0 Å². The lowest BCUT2D eigenvalue weighted by Gasteiger charge is -2.22. The molecular weight excluding hydrogens is 400 g/mol. The van der Waals surface area contributed by atoms with Gasteiger partial charge in [0.2, 0.25) is 0 Å². The zero-order valence-electron chi connectivity index (χ0n) is 17.4. The van der Waals surface area contributed by atoms with Crippen LogP contribution in [0.15, 0.2) is 48.7 Å². The zero-order chi connectivity index (χ0) is 20.2. The van der Waals surface area contributed by atoms with E-state index in [2.05, 4.69) is 26.9 Å². The second-order valence-corrected chi connectivity index (χ2v) is 7.78. The molecule has 4 rings (SSSR count). The maximum Gasteiger partial charge on any atom is 0.271 e. The van der Waals surface area contributed by atoms with E-state index in [9.17, 15) is 4.79 Å². The molecule has 1 amide bonds. The van der Waals surface area contributed by atoms with Gasteiger partial charge in [-0.05, 0) is 57.5 Å². The van der Waals surface area contributed by atoms with Crippen molar-refractivity contribution in [3.8, 4) is 5.69 Å². The van der Waals surface area contributed by atoms with Gasteiger partial charge in [-0.1, -0.05) is 18.2 Å². The second kappa shape index (κ2) is 9.91. The number of carbonyl (C=O) groups is 1. The average molecular weight is 429 g/mol. The molecule has 0 aliphatic carbocycles. The maximum atomic E-state index is 12.7. The summed E-state index contributed by atoms with van der Waals surface area (Å²) in [5.41, 5.74) is 3.52. The van der Waals surface area contributed by atoms with E-state index in [4.69, 9.17) is 0 Å². The lowest BCUT2D eigenvalue weighted by molar-refractivity contribution is 0.0933. The van der Waals surface area contributed by atoms with Gasteiger partial charge >= 0.3 is 0 Å². The van der Waals surface area contributed by atoms with Gasteiger partial charge in [0.1, 0.15) is 5.69 Å². The minimum absolute atomic E-state index is 0. The van der Waals surface area contributed by atoms with Crippen LogP contribution in [-0.2, 0) is 6.42 Å². The van der Waals surface area contributed by atoms with Crippen LogP contribution < -0.4 is 10.6 Å². The largest absolute Gasteiger partial charge is 0.348 e. The van der Waals surface area contributed by atoms with Gasteiger partial charge in [-0.3, -0.25) is 9.48 Å². The number of rotatable bonds is 6. The van der Waals surface area contributed by atoms with Crippen LogP contribution in [-0.4, -0.2) is 44.6 Å². The number of nitrogens with one attached hydrogen (secondary N) is 2. The average Bonchev–Trinajstić information content (AvgIpc) is 3.36. The predicted molar refractivity (Wildman–Crippen MR) is 120 cm³/mol. The van der Waals surface area contributed by atoms with Crippen molar-refractivity contribution in [1.82, 2.24) is 30.2 Å². The molecular formula is C22H29ClN6O. The third-order valence-corrected chi connectivity index (χ3v) is 5.28. The number of hydrogen-bond donors (Lipinski definition) is 2. The summed E-state index contributed by atoms with van der Waals surface area (Å²) >= 11 is 0. The van der Waals surface area contributed by atoms with E-state index in [0.717, 1.165) is 43.0 Å². The molecule has 0 bridgehead atoms. The van der Waals surface area contributed by atoms with Gasteiger partial charge in [0.15, 0.2) is 0 Å². The second-order valence-electron chi connectivity index (χ2n) is 7.78. The molecule has 0 spiro atoms. The van der Waals surface area contributed by atoms with Crippen LogP contribution in [0.3, 0.4) is 0 Å². The van der Waals surface area contributed by atoms with Crippen molar-refractivity contribution >= 4 is 18.3 Å². The summed E-state index contributed by atoms with van der Waals surface area (Å²) in [7, 11) is 0. The predicted octanol–water partition coefficient (Wildman–Crippen LogP) is 3.08. The Morgan fingerprint density at radius 2 is 2.07 bits per heavy atom. The van der Waals surface area contributed by atoms with Crippen molar-refractivity contribution < 1.29 is 4.79 Å². The summed E-state index contributed by atoms with van der Waals surface area (Å²) in [6.45, 7) is 5.96. The van der Waals surface area contributed by atoms with E-state index in [-0.39, 0.29) is 24.4 Å². The lowest BCUT2D eigenvalue weighted by Crippen LogP contribution is -2.35. The van der Waals surface area contributed by atoms with E-state index in [1.807, 2.05) is 59.7 Å². The van der Waals surface area contributed by atoms with Crippen LogP contribution in [0.5, 0.6) is 0 Å². The minimum Gasteiger partial charge on any atom is -0.348 e. The van der Waals surface area contributed by atoms with Gasteiger partial charge in [0.05, 0.1) is 17.4 Å². The fourth-order valence-electron chi connectivity index (χ4n) is 3.88. The number of aromatic nitrogens is 4. The zero-order valence-corrected chi connectivity index (χ0v) is 18.2. The highest BCUT2D eigenvalue weighted by atomic mass is 35.5. The van der Waals surface area contributed by atoms with Gasteiger partial charge in [0.25, 0.3) is 5.91 Å². The van der Waals surface area contributed by atoms with Crippen LogP contribution >= 0.6 is 12.4 Å². The number of carbonyl (C=O) groups excluding carboxylic acids is 1. The van der Waals surface area contributed by atoms with Crippen molar-refractivity contribution in [2.45, 2.75) is 45.2 Å². The molecule has 2 atom stereocenters. The van der Waals surface area contributed by atoms with Gasteiger partial charge in [-0.2, -0.15) is 10.2 Å². The molecule has 3 heterocycles. The number of hydrogen-bond acceptors (Lipinski definition) is 4. The van der Waals surface area contributed by atoms with Crippen LogP contribution in [0.25, 0.3) is 5.69 Å². The van der Waals surface area contributed by atoms with Crippen molar-refractivity contribution in [2.24, 2.45) is 0 Å². The molecule has 7 nitrogen and oxygen atoms in total. The maximum absolute atomic E-state index is 12.7. The first-order valence-electron chi connectivity index (χ1n) is 10.3. The Morgan fingerprint density at radius 1 is 1.27 bits per heavy atom. The number of halogens is 1. The third-order valence-electron chi connectivity index (χ3n) is 5.28. The molecule has 0 saturated carbocycles. The third kappa shape index (κ3) is 5.09. The smallest absolute Gasteiger partial charge is 0.271 e. The highest BCUT2D eigenvalue weighted by Crippen LogP contribution is 2.16. The Hall–Kier alpha value is -2.64. The molecule has 2 N–H and O–H groups in total. The number of nitrogens with zero attached hydrogens (tertiary/aromatic N) is 4. The topological polar surface area (TPSA) is 76.8 Å². The van der Waals surface area contributed by atoms with Gasteiger partial charge in [0, 0.05) is 30.9 Å². The molecule has 2 unspecified atom stereocenters. The summed E-state index contributed by atoms with van der Waals surface area (Å²) in [5, 5.41) is 15.6. The summed E-state index contributed by atoms with van der Waals surface area (Å²) in [4.78, 5) is 12.7. The van der Waals surface area contributed by atoms with Crippen LogP contribution in [0.4, 0.5) is 0 Å². The Bertz CT molecular complexity index is 961. The van der Waals surface area contributed by atoms with Crippen molar-refractivity contribution in [3.63, 3.8) is 0 Å². The molecule has 1 aliphatic heterocycles. The molecule has 30 heavy (non-hydrogen) atoms. The van der Waals surface area contributed by atoms with Gasteiger partial charge in [-0.15, -0.1) is 12.4 Å². The Labute approximate surface area is 183 Å². The Kier molecular flexibility index (Phi) is 7.29. The van der Waals surface area contributed by atoms with E-state index >= 15 is 0 Å². The standard InChI is InChI=1S/C22H28N6O.ClH/c1-16(13-20-14-17(2)25-28(20)18-7-4-3-5-8-18)24-22(29)21-10-12-27(26-21)19-9-6-11-23-15-19;/h3-5,7-8,10,12,14,16,19,23H,6,9,11,13,15H2,1-2H3,(H,24,29);1H. The highest BCUT2D eigenvalue weighted by molar-refractivity contribution is 5.92. The first-order valence-corrected chi connectivity index (χ1v) is 10.3. The fraction of sp³-hybridized carbons (Fsp3) is 0.409. The molecule has 1 aromatic carbocycles. The summed E-state index contributed by atoms with van der Waals surface area (Å²) < 4.78 is 3.86. The normalized spacial score (nSPS) is 17.2. The molecule has 1 fully saturated rings. The Balaban J connectivity index is 0.00000256. The van der Waals surface area contributed by atoms with Crippen molar-refractivity contribution in [2.75, 3.05) is 13.1 Å². The number of piperidine rings is 1. The van der Waals surface area contributed by atoms with Gasteiger partial charge in [-0.25, -0.2) is 4.68 Å². The molecule has 1 aliphatic rings. The van der Waals surface area contributed by atoms with Crippen molar-refractivity contribution in [1.29, 1.82) is 0 Å². The summed E-state index contributed by atoms with van der Waals surface area (Å²) in [6, 6.07) is 14.2. The van der Waals surface area contributed by atoms with Crippen LogP contribution in [0.1, 0.15) is 47.7 Å². The monoisotopic (exact) mass is 428 g/mol. The quantitative estimate of drug-likeness (QED) is 0.632. The molecule has 160 valence electrons. The molecule has 1 saturated heterocycles. The first-order chi connectivity index (χ1) is 14.1. The molecule has 0 radical (unpaired) electrons. The highest BCUT2D eigenvalue weighted by Gasteiger charge is 2.19.